The number of benzene rings is 2. The number of thiazole rings is 1. The number of hydrogen-bond donors (Lipinski definition) is 1. The second-order valence-electron chi connectivity index (χ2n) is 8.31. The zero-order valence-corrected chi connectivity index (χ0v) is 21.1. The first-order valence-corrected chi connectivity index (χ1v) is 14.1. The second-order valence-corrected chi connectivity index (χ2v) is 11.5. The normalized spacial score (nSPS) is 14.4. The van der Waals surface area contributed by atoms with Crippen LogP contribution in [0.5, 0.6) is 0 Å². The molecule has 174 valence electrons. The van der Waals surface area contributed by atoms with Crippen molar-refractivity contribution < 1.29 is 9.59 Å². The Bertz CT molecular complexity index is 1260. The van der Waals surface area contributed by atoms with E-state index in [-0.39, 0.29) is 17.7 Å². The number of amides is 2. The van der Waals surface area contributed by atoms with Crippen LogP contribution < -0.4 is 5.32 Å². The van der Waals surface area contributed by atoms with Gasteiger partial charge in [0.05, 0.1) is 10.2 Å². The molecular formula is C26H25N3O2S3. The fourth-order valence-electron chi connectivity index (χ4n) is 4.09. The Morgan fingerprint density at radius 1 is 1.09 bits per heavy atom. The van der Waals surface area contributed by atoms with Crippen LogP contribution in [-0.2, 0) is 11.2 Å². The average molecular weight is 508 g/mol. The fourth-order valence-corrected chi connectivity index (χ4v) is 6.96. The highest BCUT2D eigenvalue weighted by Gasteiger charge is 2.28. The van der Waals surface area contributed by atoms with Crippen LogP contribution in [0, 0.1) is 5.92 Å². The molecular weight excluding hydrogens is 483 g/mol. The molecule has 0 atom stereocenters. The molecule has 2 amide bonds. The topological polar surface area (TPSA) is 62.3 Å². The highest BCUT2D eigenvalue weighted by Crippen LogP contribution is 2.32. The van der Waals surface area contributed by atoms with Crippen molar-refractivity contribution in [2.45, 2.75) is 23.6 Å². The summed E-state index contributed by atoms with van der Waals surface area (Å²) in [4.78, 5) is 32.1. The number of nitrogens with zero attached hydrogens (tertiary/aromatic N) is 2. The van der Waals surface area contributed by atoms with E-state index < -0.39 is 0 Å². The van der Waals surface area contributed by atoms with Crippen LogP contribution in [0.1, 0.15) is 28.8 Å². The first kappa shape index (κ1) is 23.1. The van der Waals surface area contributed by atoms with E-state index in [1.165, 1.54) is 5.56 Å². The number of rotatable bonds is 7. The van der Waals surface area contributed by atoms with Gasteiger partial charge >= 0.3 is 0 Å². The molecule has 1 saturated heterocycles. The maximum atomic E-state index is 12.9. The minimum atomic E-state index is -0.0831. The lowest BCUT2D eigenvalue weighted by atomic mass is 9.95. The lowest BCUT2D eigenvalue weighted by Gasteiger charge is -2.31. The number of thioether (sulfide) groups is 1. The van der Waals surface area contributed by atoms with E-state index in [9.17, 15) is 9.59 Å². The summed E-state index contributed by atoms with van der Waals surface area (Å²) in [7, 11) is 0. The fraction of sp³-hybridized carbons (Fsp3) is 0.269. The highest BCUT2D eigenvalue weighted by atomic mass is 32.2. The van der Waals surface area contributed by atoms with Crippen molar-refractivity contribution in [2.24, 2.45) is 5.92 Å². The predicted octanol–water partition coefficient (Wildman–Crippen LogP) is 6.18. The van der Waals surface area contributed by atoms with Gasteiger partial charge in [0.15, 0.2) is 4.34 Å². The van der Waals surface area contributed by atoms with Gasteiger partial charge in [0.2, 0.25) is 5.91 Å². The van der Waals surface area contributed by atoms with Gasteiger partial charge in [-0.2, -0.15) is 11.3 Å². The van der Waals surface area contributed by atoms with E-state index in [0.29, 0.717) is 31.5 Å². The molecule has 1 aliphatic heterocycles. The van der Waals surface area contributed by atoms with Crippen LogP contribution in [-0.4, -0.2) is 40.5 Å². The molecule has 0 radical (unpaired) electrons. The molecule has 0 aliphatic carbocycles. The smallest absolute Gasteiger partial charge is 0.253 e. The molecule has 3 heterocycles. The molecule has 8 heteroatoms. The van der Waals surface area contributed by atoms with Crippen LogP contribution in [0.2, 0.25) is 0 Å². The summed E-state index contributed by atoms with van der Waals surface area (Å²) < 4.78 is 2.14. The van der Waals surface area contributed by atoms with Crippen LogP contribution >= 0.6 is 34.4 Å². The molecule has 2 aromatic carbocycles. The number of thiophene rings is 1. The summed E-state index contributed by atoms with van der Waals surface area (Å²) in [5.74, 6) is 0.992. The van der Waals surface area contributed by atoms with E-state index in [4.69, 9.17) is 4.98 Å². The molecule has 2 aromatic heterocycles. The molecule has 5 rings (SSSR count). The number of hydrogen-bond acceptors (Lipinski definition) is 6. The predicted molar refractivity (Wildman–Crippen MR) is 142 cm³/mol. The minimum Gasteiger partial charge on any atom is -0.339 e. The van der Waals surface area contributed by atoms with Gasteiger partial charge in [-0.05, 0) is 72.0 Å². The first-order chi connectivity index (χ1) is 16.7. The Hall–Kier alpha value is -2.68. The summed E-state index contributed by atoms with van der Waals surface area (Å²) in [5.41, 5.74) is 3.85. The van der Waals surface area contributed by atoms with Crippen LogP contribution in [0.25, 0.3) is 10.2 Å². The third kappa shape index (κ3) is 5.51. The van der Waals surface area contributed by atoms with Crippen molar-refractivity contribution in [3.8, 4) is 0 Å². The summed E-state index contributed by atoms with van der Waals surface area (Å²) in [6, 6.07) is 17.4. The van der Waals surface area contributed by atoms with Crippen molar-refractivity contribution in [3.05, 3.63) is 76.5 Å². The number of aromatic nitrogens is 1. The van der Waals surface area contributed by atoms with Gasteiger partial charge in [-0.1, -0.05) is 30.0 Å². The van der Waals surface area contributed by atoms with E-state index in [1.807, 2.05) is 53.4 Å². The Balaban J connectivity index is 1.14. The van der Waals surface area contributed by atoms with E-state index >= 15 is 0 Å². The third-order valence-corrected chi connectivity index (χ3v) is 8.90. The molecule has 1 N–H and O–H groups in total. The van der Waals surface area contributed by atoms with E-state index in [1.54, 1.807) is 34.4 Å². The number of aryl methyl sites for hydroxylation is 1. The zero-order valence-electron chi connectivity index (χ0n) is 18.6. The maximum Gasteiger partial charge on any atom is 0.253 e. The zero-order chi connectivity index (χ0) is 23.3. The molecule has 1 fully saturated rings. The summed E-state index contributed by atoms with van der Waals surface area (Å²) in [5, 5.41) is 7.39. The Morgan fingerprint density at radius 3 is 2.68 bits per heavy atom. The Kier molecular flexibility index (Phi) is 7.27. The van der Waals surface area contributed by atoms with Crippen LogP contribution in [0.3, 0.4) is 0 Å². The van der Waals surface area contributed by atoms with E-state index in [0.717, 1.165) is 32.4 Å². The number of anilines is 1. The van der Waals surface area contributed by atoms with Gasteiger partial charge in [0.25, 0.3) is 5.91 Å². The number of carbonyl (C=O) groups is 2. The van der Waals surface area contributed by atoms with Crippen molar-refractivity contribution in [1.82, 2.24) is 9.88 Å². The minimum absolute atomic E-state index is 0.0287. The van der Waals surface area contributed by atoms with Crippen molar-refractivity contribution in [2.75, 3.05) is 24.2 Å². The van der Waals surface area contributed by atoms with Gasteiger partial charge in [-0.3, -0.25) is 9.59 Å². The standard InChI is InChI=1S/C26H25N3O2S3/c30-24(19-8-12-29(13-9-19)25(31)20-4-2-1-3-5-20)27-21-6-7-22-23(16-21)34-26(28-22)33-15-11-18-10-14-32-17-18/h1-7,10,14,16-17,19H,8-9,11-13,15H2,(H,27,30). The molecule has 0 saturated carbocycles. The molecule has 0 unspecified atom stereocenters. The lowest BCUT2D eigenvalue weighted by Crippen LogP contribution is -2.41. The number of likely N-dealkylation sites (tertiary alicyclic amines) is 1. The van der Waals surface area contributed by atoms with Crippen LogP contribution in [0.15, 0.2) is 69.7 Å². The van der Waals surface area contributed by atoms with Crippen molar-refractivity contribution in [1.29, 1.82) is 0 Å². The van der Waals surface area contributed by atoms with Gasteiger partial charge in [-0.25, -0.2) is 4.98 Å². The number of nitrogens with one attached hydrogen (secondary N) is 1. The number of carbonyl (C=O) groups excluding carboxylic acids is 2. The lowest BCUT2D eigenvalue weighted by molar-refractivity contribution is -0.121. The molecule has 34 heavy (non-hydrogen) atoms. The van der Waals surface area contributed by atoms with Gasteiger partial charge in [-0.15, -0.1) is 11.3 Å². The SMILES string of the molecule is O=C(Nc1ccc2nc(SCCc3ccsc3)sc2c1)C1CCN(C(=O)c2ccccc2)CC1. The Morgan fingerprint density at radius 2 is 1.91 bits per heavy atom. The van der Waals surface area contributed by atoms with Gasteiger partial charge in [0, 0.05) is 36.0 Å². The Labute approximate surface area is 211 Å². The number of piperidine rings is 1. The molecule has 1 aliphatic rings. The van der Waals surface area contributed by atoms with E-state index in [2.05, 4.69) is 22.1 Å². The largest absolute Gasteiger partial charge is 0.339 e. The number of fused-ring (bicyclic) bond motifs is 1. The second kappa shape index (κ2) is 10.7. The molecule has 4 aromatic rings. The summed E-state index contributed by atoms with van der Waals surface area (Å²) in [6.45, 7) is 1.21. The van der Waals surface area contributed by atoms with Gasteiger partial charge in [0.1, 0.15) is 0 Å². The average Bonchev–Trinajstić information content (AvgIpc) is 3.54. The molecule has 5 nitrogen and oxygen atoms in total. The maximum absolute atomic E-state index is 12.9. The summed E-state index contributed by atoms with van der Waals surface area (Å²) in [6.07, 6.45) is 2.40. The van der Waals surface area contributed by atoms with Crippen molar-refractivity contribution in [3.63, 3.8) is 0 Å². The van der Waals surface area contributed by atoms with Crippen molar-refractivity contribution >= 4 is 62.2 Å². The van der Waals surface area contributed by atoms with Gasteiger partial charge < -0.3 is 10.2 Å². The summed E-state index contributed by atoms with van der Waals surface area (Å²) >= 11 is 5.18. The molecule has 0 spiro atoms. The third-order valence-electron chi connectivity index (χ3n) is 6.01. The van der Waals surface area contributed by atoms with Crippen LogP contribution in [0.4, 0.5) is 5.69 Å². The quantitative estimate of drug-likeness (QED) is 0.303. The first-order valence-electron chi connectivity index (χ1n) is 11.4. The monoisotopic (exact) mass is 507 g/mol. The highest BCUT2D eigenvalue weighted by molar-refractivity contribution is 8.01. The molecule has 0 bridgehead atoms.